The normalized spacial score (nSPS) is 13.5. The molecule has 1 aromatic heterocycles. The van der Waals surface area contributed by atoms with Gasteiger partial charge in [0.1, 0.15) is 11.9 Å². The number of nitrogens with zero attached hydrogens (tertiary/aromatic N) is 3. The number of carbonyl (C=O) groups excluding carboxylic acids is 2. The highest BCUT2D eigenvalue weighted by Crippen LogP contribution is 2.38. The van der Waals surface area contributed by atoms with Crippen molar-refractivity contribution < 1.29 is 32.9 Å². The van der Waals surface area contributed by atoms with Gasteiger partial charge in [-0.1, -0.05) is 30.0 Å². The standard InChI is InChI=1S/C31H27FN4O6S/c1-18-11-19(2)34-31(33-18)43-15-28(37)36(14-20-3-6-22(32)7-4-20)29(21-5-9-24-26(12-21)41-16-39-24)30(38)35-23-8-10-25-27(13-23)42-17-40-25/h3-13,29H,14-17H2,1-2H3,(H,35,38)/t29-/m1/s1. The summed E-state index contributed by atoms with van der Waals surface area (Å²) >= 11 is 1.18. The molecule has 3 heterocycles. The number of halogens is 1. The smallest absolute Gasteiger partial charge is 0.251 e. The molecule has 0 aliphatic carbocycles. The largest absolute Gasteiger partial charge is 0.454 e. The van der Waals surface area contributed by atoms with Crippen molar-refractivity contribution in [2.75, 3.05) is 24.7 Å². The van der Waals surface area contributed by atoms with Crippen molar-refractivity contribution in [3.05, 3.63) is 95.1 Å². The van der Waals surface area contributed by atoms with E-state index in [0.29, 0.717) is 45.0 Å². The second-order valence-corrected chi connectivity index (χ2v) is 10.9. The predicted octanol–water partition coefficient (Wildman–Crippen LogP) is 5.19. The Bertz CT molecular complexity index is 1670. The van der Waals surface area contributed by atoms with Crippen molar-refractivity contribution in [1.29, 1.82) is 0 Å². The van der Waals surface area contributed by atoms with Crippen LogP contribution in [0.5, 0.6) is 23.0 Å². The van der Waals surface area contributed by atoms with Gasteiger partial charge in [-0.05, 0) is 67.4 Å². The maximum atomic E-state index is 14.1. The number of ether oxygens (including phenoxy) is 4. The molecule has 2 amide bonds. The van der Waals surface area contributed by atoms with Crippen molar-refractivity contribution in [1.82, 2.24) is 14.9 Å². The third-order valence-corrected chi connectivity index (χ3v) is 7.62. The minimum absolute atomic E-state index is 0.0288. The number of benzene rings is 3. The second kappa shape index (κ2) is 12.2. The fourth-order valence-corrected chi connectivity index (χ4v) is 5.65. The van der Waals surface area contributed by atoms with E-state index < -0.39 is 17.8 Å². The van der Waals surface area contributed by atoms with Crippen LogP contribution in [0.4, 0.5) is 10.1 Å². The monoisotopic (exact) mass is 602 g/mol. The first-order valence-corrected chi connectivity index (χ1v) is 14.4. The molecule has 0 spiro atoms. The number of anilines is 1. The van der Waals surface area contributed by atoms with E-state index in [1.165, 1.54) is 28.8 Å². The molecule has 220 valence electrons. The molecule has 43 heavy (non-hydrogen) atoms. The maximum Gasteiger partial charge on any atom is 0.251 e. The third-order valence-electron chi connectivity index (χ3n) is 6.79. The van der Waals surface area contributed by atoms with Gasteiger partial charge < -0.3 is 29.2 Å². The van der Waals surface area contributed by atoms with E-state index in [9.17, 15) is 14.0 Å². The van der Waals surface area contributed by atoms with Crippen LogP contribution in [-0.4, -0.2) is 46.0 Å². The molecule has 1 N–H and O–H groups in total. The van der Waals surface area contributed by atoms with Gasteiger partial charge in [0.25, 0.3) is 5.91 Å². The summed E-state index contributed by atoms with van der Waals surface area (Å²) in [5, 5.41) is 3.38. The topological polar surface area (TPSA) is 112 Å². The van der Waals surface area contributed by atoms with Crippen LogP contribution in [-0.2, 0) is 16.1 Å². The summed E-state index contributed by atoms with van der Waals surface area (Å²) in [7, 11) is 0. The van der Waals surface area contributed by atoms with E-state index in [1.807, 2.05) is 19.9 Å². The first-order chi connectivity index (χ1) is 20.8. The number of hydrogen-bond donors (Lipinski definition) is 1. The molecule has 0 radical (unpaired) electrons. The van der Waals surface area contributed by atoms with E-state index >= 15 is 0 Å². The highest BCUT2D eigenvalue weighted by molar-refractivity contribution is 7.99. The lowest BCUT2D eigenvalue weighted by atomic mass is 10.0. The number of rotatable bonds is 9. The van der Waals surface area contributed by atoms with Crippen molar-refractivity contribution in [2.24, 2.45) is 0 Å². The van der Waals surface area contributed by atoms with Crippen LogP contribution in [0.15, 0.2) is 71.9 Å². The highest BCUT2D eigenvalue weighted by Gasteiger charge is 2.33. The minimum atomic E-state index is -1.10. The van der Waals surface area contributed by atoms with Crippen LogP contribution in [0.1, 0.15) is 28.6 Å². The molecule has 1 atom stereocenters. The van der Waals surface area contributed by atoms with Crippen molar-refractivity contribution >= 4 is 29.3 Å². The zero-order valence-electron chi connectivity index (χ0n) is 23.3. The molecule has 10 nitrogen and oxygen atoms in total. The predicted molar refractivity (Wildman–Crippen MR) is 156 cm³/mol. The number of carbonyl (C=O) groups is 2. The van der Waals surface area contributed by atoms with E-state index in [-0.39, 0.29) is 31.8 Å². The summed E-state index contributed by atoms with van der Waals surface area (Å²) in [6.07, 6.45) is 0. The molecule has 2 aliphatic rings. The van der Waals surface area contributed by atoms with E-state index in [2.05, 4.69) is 15.3 Å². The summed E-state index contributed by atoms with van der Waals surface area (Å²) in [6, 6.07) is 16.7. The Labute approximate surface area is 251 Å². The van der Waals surface area contributed by atoms with Gasteiger partial charge in [0.15, 0.2) is 28.2 Å². The Morgan fingerprint density at radius 1 is 0.860 bits per heavy atom. The second-order valence-electron chi connectivity index (χ2n) is 9.94. The maximum absolute atomic E-state index is 14.1. The lowest BCUT2D eigenvalue weighted by molar-refractivity contribution is -0.137. The molecule has 0 unspecified atom stereocenters. The Hall–Kier alpha value is -4.84. The molecule has 0 saturated carbocycles. The van der Waals surface area contributed by atoms with E-state index in [1.54, 1.807) is 48.5 Å². The summed E-state index contributed by atoms with van der Waals surface area (Å²) < 4.78 is 35.7. The van der Waals surface area contributed by atoms with Gasteiger partial charge in [0, 0.05) is 29.7 Å². The summed E-state index contributed by atoms with van der Waals surface area (Å²) in [5.41, 5.74) is 3.18. The number of fused-ring (bicyclic) bond motifs is 2. The number of hydrogen-bond acceptors (Lipinski definition) is 9. The van der Waals surface area contributed by atoms with Gasteiger partial charge in [-0.15, -0.1) is 0 Å². The quantitative estimate of drug-likeness (QED) is 0.204. The Kier molecular flexibility index (Phi) is 8.01. The van der Waals surface area contributed by atoms with Crippen LogP contribution in [0, 0.1) is 19.7 Å². The van der Waals surface area contributed by atoms with Crippen LogP contribution in [0.2, 0.25) is 0 Å². The summed E-state index contributed by atoms with van der Waals surface area (Å²) in [6.45, 7) is 3.89. The van der Waals surface area contributed by atoms with Crippen molar-refractivity contribution in [3.8, 4) is 23.0 Å². The minimum Gasteiger partial charge on any atom is -0.454 e. The summed E-state index contributed by atoms with van der Waals surface area (Å²) in [4.78, 5) is 38.5. The first-order valence-electron chi connectivity index (χ1n) is 13.4. The van der Waals surface area contributed by atoms with Crippen molar-refractivity contribution in [3.63, 3.8) is 0 Å². The van der Waals surface area contributed by atoms with Crippen LogP contribution >= 0.6 is 11.8 Å². The fraction of sp³-hybridized carbons (Fsp3) is 0.226. The third kappa shape index (κ3) is 6.49. The molecule has 0 saturated heterocycles. The lowest BCUT2D eigenvalue weighted by Gasteiger charge is -2.31. The van der Waals surface area contributed by atoms with Crippen LogP contribution < -0.4 is 24.3 Å². The molecule has 12 heteroatoms. The van der Waals surface area contributed by atoms with Gasteiger partial charge in [-0.3, -0.25) is 9.59 Å². The van der Waals surface area contributed by atoms with Crippen molar-refractivity contribution in [2.45, 2.75) is 31.6 Å². The van der Waals surface area contributed by atoms with E-state index in [4.69, 9.17) is 18.9 Å². The SMILES string of the molecule is Cc1cc(C)nc(SCC(=O)N(Cc2ccc(F)cc2)[C@@H](C(=O)Nc2ccc3c(c2)OCO3)c2ccc3c(c2)OCO3)n1. The average Bonchev–Trinajstić information content (AvgIpc) is 3.65. The van der Waals surface area contributed by atoms with Gasteiger partial charge in [0.2, 0.25) is 19.5 Å². The number of nitrogens with one attached hydrogen (secondary N) is 1. The zero-order chi connectivity index (χ0) is 29.9. The fourth-order valence-electron chi connectivity index (χ4n) is 4.82. The molecular weight excluding hydrogens is 575 g/mol. The number of thioether (sulfide) groups is 1. The first kappa shape index (κ1) is 28.3. The molecule has 6 rings (SSSR count). The van der Waals surface area contributed by atoms with Gasteiger partial charge >= 0.3 is 0 Å². The number of aromatic nitrogens is 2. The Morgan fingerprint density at radius 2 is 1.49 bits per heavy atom. The lowest BCUT2D eigenvalue weighted by Crippen LogP contribution is -2.41. The summed E-state index contributed by atoms with van der Waals surface area (Å²) in [5.74, 6) is 0.815. The number of aryl methyl sites for hydroxylation is 2. The van der Waals surface area contributed by atoms with Crippen LogP contribution in [0.25, 0.3) is 0 Å². The molecule has 2 aliphatic heterocycles. The van der Waals surface area contributed by atoms with Gasteiger partial charge in [0.05, 0.1) is 5.75 Å². The zero-order valence-corrected chi connectivity index (χ0v) is 24.2. The molecule has 0 fully saturated rings. The molecular formula is C31H27FN4O6S. The van der Waals surface area contributed by atoms with E-state index in [0.717, 1.165) is 11.4 Å². The Balaban J connectivity index is 1.36. The molecule has 4 aromatic rings. The highest BCUT2D eigenvalue weighted by atomic mass is 32.2. The number of amides is 2. The molecule has 0 bridgehead atoms. The average molecular weight is 603 g/mol. The van der Waals surface area contributed by atoms with Gasteiger partial charge in [-0.2, -0.15) is 0 Å². The Morgan fingerprint density at radius 3 is 2.19 bits per heavy atom. The molecule has 3 aromatic carbocycles. The van der Waals surface area contributed by atoms with Gasteiger partial charge in [-0.25, -0.2) is 14.4 Å². The van der Waals surface area contributed by atoms with Crippen LogP contribution in [0.3, 0.4) is 0 Å².